The number of fused-ring (bicyclic) bond motifs is 2. The smallest absolute Gasteiger partial charge is 0.306 e. The molecule has 1 saturated heterocycles. The van der Waals surface area contributed by atoms with E-state index in [1.54, 1.807) is 0 Å². The Morgan fingerprint density at radius 1 is 1.31 bits per heavy atom. The molecule has 3 aliphatic rings. The first-order chi connectivity index (χ1) is 6.33. The molecule has 4 unspecified atom stereocenters. The summed E-state index contributed by atoms with van der Waals surface area (Å²) in [4.78, 5) is 11.0. The second kappa shape index (κ2) is 2.60. The van der Waals surface area contributed by atoms with Gasteiger partial charge in [-0.1, -0.05) is 12.2 Å². The average Bonchev–Trinajstić information content (AvgIpc) is 2.77. The van der Waals surface area contributed by atoms with Crippen molar-refractivity contribution in [2.45, 2.75) is 19.3 Å². The Morgan fingerprint density at radius 2 is 2.23 bits per heavy atom. The molecule has 13 heavy (non-hydrogen) atoms. The van der Waals surface area contributed by atoms with E-state index in [4.69, 9.17) is 4.74 Å². The summed E-state index contributed by atoms with van der Waals surface area (Å²) in [7, 11) is 0. The molecule has 2 fully saturated rings. The van der Waals surface area contributed by atoms with Gasteiger partial charge < -0.3 is 4.74 Å². The van der Waals surface area contributed by atoms with Crippen LogP contribution in [0.4, 0.5) is 0 Å². The van der Waals surface area contributed by atoms with Crippen molar-refractivity contribution in [3.8, 4) is 0 Å². The van der Waals surface area contributed by atoms with Crippen LogP contribution in [0.1, 0.15) is 19.3 Å². The number of esters is 1. The van der Waals surface area contributed by atoms with E-state index in [1.807, 2.05) is 0 Å². The van der Waals surface area contributed by atoms with Gasteiger partial charge in [0.05, 0.1) is 13.0 Å². The van der Waals surface area contributed by atoms with Crippen LogP contribution in [-0.2, 0) is 9.53 Å². The Balaban J connectivity index is 1.73. The fraction of sp³-hybridized carbons (Fsp3) is 0.727. The molecule has 0 aromatic heterocycles. The minimum atomic E-state index is 0.0109. The Labute approximate surface area is 78.0 Å². The van der Waals surface area contributed by atoms with Crippen LogP contribution in [0.2, 0.25) is 0 Å². The van der Waals surface area contributed by atoms with Crippen molar-refractivity contribution in [2.24, 2.45) is 23.7 Å². The third-order valence-corrected chi connectivity index (χ3v) is 3.82. The zero-order chi connectivity index (χ0) is 8.84. The highest BCUT2D eigenvalue weighted by Gasteiger charge is 2.42. The number of cyclic esters (lactones) is 1. The highest BCUT2D eigenvalue weighted by atomic mass is 16.5. The number of hydrogen-bond acceptors (Lipinski definition) is 2. The van der Waals surface area contributed by atoms with E-state index in [1.165, 1.54) is 12.8 Å². The molecule has 3 rings (SSSR count). The molecule has 0 aromatic rings. The highest BCUT2D eigenvalue weighted by molar-refractivity contribution is 5.71. The standard InChI is InChI=1S/C11H14O2/c12-11-5-9(6-13-11)10-4-7-1-2-8(10)3-7/h1-2,7-10H,3-6H2. The minimum absolute atomic E-state index is 0.0109. The molecule has 0 amide bonds. The van der Waals surface area contributed by atoms with Crippen molar-refractivity contribution in [2.75, 3.05) is 6.61 Å². The van der Waals surface area contributed by atoms with Crippen molar-refractivity contribution >= 4 is 5.97 Å². The van der Waals surface area contributed by atoms with E-state index in [0.717, 1.165) is 17.8 Å². The van der Waals surface area contributed by atoms with Gasteiger partial charge in [0.25, 0.3) is 0 Å². The molecule has 2 nitrogen and oxygen atoms in total. The van der Waals surface area contributed by atoms with Gasteiger partial charge in [-0.3, -0.25) is 4.79 Å². The molecule has 0 N–H and O–H groups in total. The van der Waals surface area contributed by atoms with Gasteiger partial charge in [-0.05, 0) is 30.6 Å². The molecular weight excluding hydrogens is 164 g/mol. The van der Waals surface area contributed by atoms with Gasteiger partial charge >= 0.3 is 5.97 Å². The fourth-order valence-corrected chi connectivity index (χ4v) is 3.17. The van der Waals surface area contributed by atoms with Gasteiger partial charge in [0, 0.05) is 5.92 Å². The molecule has 70 valence electrons. The van der Waals surface area contributed by atoms with Crippen LogP contribution in [0.25, 0.3) is 0 Å². The zero-order valence-corrected chi connectivity index (χ0v) is 7.61. The molecule has 0 radical (unpaired) electrons. The molecule has 2 heteroatoms. The topological polar surface area (TPSA) is 26.3 Å². The lowest BCUT2D eigenvalue weighted by molar-refractivity contribution is -0.137. The summed E-state index contributed by atoms with van der Waals surface area (Å²) in [6.45, 7) is 0.681. The third kappa shape index (κ3) is 1.11. The van der Waals surface area contributed by atoms with Gasteiger partial charge in [-0.25, -0.2) is 0 Å². The molecular formula is C11H14O2. The molecule has 0 aromatic carbocycles. The lowest BCUT2D eigenvalue weighted by Crippen LogP contribution is -2.19. The van der Waals surface area contributed by atoms with Crippen molar-refractivity contribution in [1.82, 2.24) is 0 Å². The van der Waals surface area contributed by atoms with Gasteiger partial charge in [0.15, 0.2) is 0 Å². The number of hydrogen-bond donors (Lipinski definition) is 0. The minimum Gasteiger partial charge on any atom is -0.465 e. The van der Waals surface area contributed by atoms with Gasteiger partial charge in [0.1, 0.15) is 0 Å². The summed E-state index contributed by atoms with van der Waals surface area (Å²) in [6, 6.07) is 0. The van der Waals surface area contributed by atoms with E-state index in [2.05, 4.69) is 12.2 Å². The summed E-state index contributed by atoms with van der Waals surface area (Å²) < 4.78 is 5.02. The summed E-state index contributed by atoms with van der Waals surface area (Å²) >= 11 is 0. The van der Waals surface area contributed by atoms with E-state index in [0.29, 0.717) is 18.9 Å². The van der Waals surface area contributed by atoms with Crippen molar-refractivity contribution in [1.29, 1.82) is 0 Å². The van der Waals surface area contributed by atoms with E-state index in [-0.39, 0.29) is 5.97 Å². The monoisotopic (exact) mass is 178 g/mol. The van der Waals surface area contributed by atoms with Gasteiger partial charge in [0.2, 0.25) is 0 Å². The molecule has 4 atom stereocenters. The van der Waals surface area contributed by atoms with Crippen LogP contribution in [0, 0.1) is 23.7 Å². The summed E-state index contributed by atoms with van der Waals surface area (Å²) in [5, 5.41) is 0. The Morgan fingerprint density at radius 3 is 2.77 bits per heavy atom. The Kier molecular flexibility index (Phi) is 1.52. The van der Waals surface area contributed by atoms with Crippen LogP contribution in [0.5, 0.6) is 0 Å². The quantitative estimate of drug-likeness (QED) is 0.452. The molecule has 2 aliphatic carbocycles. The molecule has 1 heterocycles. The second-order valence-electron chi connectivity index (χ2n) is 4.59. The molecule has 2 bridgehead atoms. The van der Waals surface area contributed by atoms with E-state index < -0.39 is 0 Å². The van der Waals surface area contributed by atoms with Gasteiger partial charge in [-0.15, -0.1) is 0 Å². The Hall–Kier alpha value is -0.790. The first kappa shape index (κ1) is 7.60. The van der Waals surface area contributed by atoms with Crippen LogP contribution >= 0.6 is 0 Å². The van der Waals surface area contributed by atoms with Crippen LogP contribution in [0.3, 0.4) is 0 Å². The second-order valence-corrected chi connectivity index (χ2v) is 4.59. The molecule has 1 saturated carbocycles. The number of ether oxygens (including phenoxy) is 1. The largest absolute Gasteiger partial charge is 0.465 e. The van der Waals surface area contributed by atoms with Crippen molar-refractivity contribution < 1.29 is 9.53 Å². The summed E-state index contributed by atoms with van der Waals surface area (Å²) in [6.07, 6.45) is 7.99. The van der Waals surface area contributed by atoms with E-state index >= 15 is 0 Å². The van der Waals surface area contributed by atoms with Gasteiger partial charge in [-0.2, -0.15) is 0 Å². The number of allylic oxidation sites excluding steroid dienone is 2. The predicted octanol–water partition coefficient (Wildman–Crippen LogP) is 1.76. The number of carbonyl (C=O) groups is 1. The maximum Gasteiger partial charge on any atom is 0.306 e. The fourth-order valence-electron chi connectivity index (χ4n) is 3.17. The third-order valence-electron chi connectivity index (χ3n) is 3.82. The normalized spacial score (nSPS) is 47.2. The lowest BCUT2D eigenvalue weighted by Gasteiger charge is -2.22. The van der Waals surface area contributed by atoms with Crippen molar-refractivity contribution in [3.05, 3.63) is 12.2 Å². The molecule has 1 aliphatic heterocycles. The molecule has 0 spiro atoms. The number of carbonyl (C=O) groups excluding carboxylic acids is 1. The van der Waals surface area contributed by atoms with Crippen molar-refractivity contribution in [3.63, 3.8) is 0 Å². The Bertz CT molecular complexity index is 269. The van der Waals surface area contributed by atoms with E-state index in [9.17, 15) is 4.79 Å². The lowest BCUT2D eigenvalue weighted by atomic mass is 9.81. The zero-order valence-electron chi connectivity index (χ0n) is 7.61. The maximum atomic E-state index is 11.0. The first-order valence-corrected chi connectivity index (χ1v) is 5.17. The van der Waals surface area contributed by atoms with Crippen LogP contribution in [0.15, 0.2) is 12.2 Å². The predicted molar refractivity (Wildman–Crippen MR) is 47.9 cm³/mol. The highest BCUT2D eigenvalue weighted by Crippen LogP contribution is 2.48. The summed E-state index contributed by atoms with van der Waals surface area (Å²) in [5.41, 5.74) is 0. The SMILES string of the molecule is O=C1CC(C2CC3C=CC2C3)CO1. The summed E-state index contributed by atoms with van der Waals surface area (Å²) in [5.74, 6) is 2.83. The maximum absolute atomic E-state index is 11.0. The average molecular weight is 178 g/mol. The van der Waals surface area contributed by atoms with Crippen LogP contribution < -0.4 is 0 Å². The van der Waals surface area contributed by atoms with Crippen LogP contribution in [-0.4, -0.2) is 12.6 Å². The number of rotatable bonds is 1. The first-order valence-electron chi connectivity index (χ1n) is 5.17.